The quantitative estimate of drug-likeness (QED) is 0.320. The number of carboxylic acids is 1. The predicted octanol–water partition coefficient (Wildman–Crippen LogP) is 4.91. The molecule has 0 aliphatic heterocycles. The summed E-state index contributed by atoms with van der Waals surface area (Å²) in [4.78, 5) is 36.8. The Labute approximate surface area is 197 Å². The van der Waals surface area contributed by atoms with Crippen LogP contribution in [0.5, 0.6) is 0 Å². The summed E-state index contributed by atoms with van der Waals surface area (Å²) in [5, 5.41) is 13.0. The lowest BCUT2D eigenvalue weighted by atomic mass is 10.2. The number of hydrogen-bond acceptors (Lipinski definition) is 5. The zero-order chi connectivity index (χ0) is 22.7. The van der Waals surface area contributed by atoms with Crippen LogP contribution in [0, 0.1) is 0 Å². The van der Waals surface area contributed by atoms with Gasteiger partial charge < -0.3 is 15.4 Å². The normalized spacial score (nSPS) is 11.9. The molecule has 0 aliphatic carbocycles. The standard InChI is InChI=1S/C22H16Cl2N4O3S/c23-14-8-15(24)10-16(9-14)32-11-19(22(30)31)28-21(29)13-1-2-17-18(7-13)27-20(26-17)12-3-5-25-6-4-12/h1-10,19H,11H2,(H,26,27)(H,28,29)(H,30,31). The SMILES string of the molecule is O=C(NC(CSc1cc(Cl)cc(Cl)c1)C(=O)O)c1ccc2nc(-c3ccncc3)[nH]c2c1. The van der Waals surface area contributed by atoms with Crippen LogP contribution in [0.25, 0.3) is 22.4 Å². The molecule has 0 bridgehead atoms. The largest absolute Gasteiger partial charge is 0.480 e. The van der Waals surface area contributed by atoms with Crippen LogP contribution in [0.4, 0.5) is 0 Å². The van der Waals surface area contributed by atoms with E-state index in [1.54, 1.807) is 48.8 Å². The van der Waals surface area contributed by atoms with Crippen molar-refractivity contribution in [3.8, 4) is 11.4 Å². The van der Waals surface area contributed by atoms with Crippen molar-refractivity contribution in [1.29, 1.82) is 0 Å². The number of aliphatic carboxylic acids is 1. The summed E-state index contributed by atoms with van der Waals surface area (Å²) in [5.74, 6) is -0.874. The number of carboxylic acid groups (broad SMARTS) is 1. The van der Waals surface area contributed by atoms with Gasteiger partial charge in [0.2, 0.25) is 0 Å². The van der Waals surface area contributed by atoms with Crippen LogP contribution in [0.15, 0.2) is 65.8 Å². The first-order valence-corrected chi connectivity index (χ1v) is 11.2. The Morgan fingerprint density at radius 1 is 1.06 bits per heavy atom. The number of H-pyrrole nitrogens is 1. The van der Waals surface area contributed by atoms with Crippen LogP contribution in [0.2, 0.25) is 10.0 Å². The molecule has 162 valence electrons. The monoisotopic (exact) mass is 486 g/mol. The van der Waals surface area contributed by atoms with E-state index in [2.05, 4.69) is 20.3 Å². The number of aromatic amines is 1. The van der Waals surface area contributed by atoms with Crippen LogP contribution in [-0.4, -0.2) is 43.7 Å². The Balaban J connectivity index is 1.48. The first kappa shape index (κ1) is 22.1. The second-order valence-corrected chi connectivity index (χ2v) is 8.80. The number of thioether (sulfide) groups is 1. The highest BCUT2D eigenvalue weighted by Gasteiger charge is 2.21. The van der Waals surface area contributed by atoms with Crippen LogP contribution in [0.3, 0.4) is 0 Å². The summed E-state index contributed by atoms with van der Waals surface area (Å²) in [6, 6.07) is 12.5. The number of carbonyl (C=O) groups excluding carboxylic acids is 1. The van der Waals surface area contributed by atoms with Gasteiger partial charge in [-0.25, -0.2) is 9.78 Å². The molecule has 2 aromatic carbocycles. The molecular formula is C22H16Cl2N4O3S. The summed E-state index contributed by atoms with van der Waals surface area (Å²) in [7, 11) is 0. The van der Waals surface area contributed by atoms with E-state index < -0.39 is 17.9 Å². The number of nitrogens with zero attached hydrogens (tertiary/aromatic N) is 2. The molecule has 0 spiro atoms. The second kappa shape index (κ2) is 9.60. The molecule has 0 saturated heterocycles. The number of carbonyl (C=O) groups is 2. The highest BCUT2D eigenvalue weighted by molar-refractivity contribution is 7.99. The molecule has 4 rings (SSSR count). The van der Waals surface area contributed by atoms with Crippen molar-refractivity contribution in [3.63, 3.8) is 0 Å². The van der Waals surface area contributed by atoms with Gasteiger partial charge in [0.1, 0.15) is 11.9 Å². The molecule has 0 radical (unpaired) electrons. The number of fused-ring (bicyclic) bond motifs is 1. The molecule has 0 saturated carbocycles. The molecule has 7 nitrogen and oxygen atoms in total. The van der Waals surface area contributed by atoms with Gasteiger partial charge in [0, 0.05) is 44.2 Å². The minimum atomic E-state index is -1.14. The third-order valence-electron chi connectivity index (χ3n) is 4.55. The van der Waals surface area contributed by atoms with E-state index in [-0.39, 0.29) is 5.75 Å². The lowest BCUT2D eigenvalue weighted by molar-refractivity contribution is -0.138. The maximum Gasteiger partial charge on any atom is 0.327 e. The number of rotatable bonds is 7. The molecule has 4 aromatic rings. The van der Waals surface area contributed by atoms with E-state index >= 15 is 0 Å². The van der Waals surface area contributed by atoms with Gasteiger partial charge in [-0.05, 0) is 48.5 Å². The predicted molar refractivity (Wildman–Crippen MR) is 125 cm³/mol. The Hall–Kier alpha value is -3.07. The van der Waals surface area contributed by atoms with Gasteiger partial charge in [0.25, 0.3) is 5.91 Å². The molecule has 0 fully saturated rings. The van der Waals surface area contributed by atoms with Crippen LogP contribution < -0.4 is 5.32 Å². The molecule has 32 heavy (non-hydrogen) atoms. The fraction of sp³-hybridized carbons (Fsp3) is 0.0909. The van der Waals surface area contributed by atoms with Crippen molar-refractivity contribution in [3.05, 3.63) is 76.5 Å². The van der Waals surface area contributed by atoms with Crippen LogP contribution in [-0.2, 0) is 4.79 Å². The lowest BCUT2D eigenvalue weighted by Gasteiger charge is -2.14. The van der Waals surface area contributed by atoms with Crippen molar-refractivity contribution in [2.24, 2.45) is 0 Å². The van der Waals surface area contributed by atoms with Crippen molar-refractivity contribution >= 4 is 57.9 Å². The number of imidazole rings is 1. The fourth-order valence-corrected chi connectivity index (χ4v) is 4.67. The summed E-state index contributed by atoms with van der Waals surface area (Å²) in [6.07, 6.45) is 3.34. The van der Waals surface area contributed by atoms with E-state index in [9.17, 15) is 14.7 Å². The fourth-order valence-electron chi connectivity index (χ4n) is 3.01. The maximum absolute atomic E-state index is 12.7. The molecule has 2 heterocycles. The number of aromatic nitrogens is 3. The molecule has 10 heteroatoms. The second-order valence-electron chi connectivity index (χ2n) is 6.83. The molecule has 1 unspecified atom stereocenters. The average molecular weight is 487 g/mol. The zero-order valence-electron chi connectivity index (χ0n) is 16.4. The van der Waals surface area contributed by atoms with Crippen molar-refractivity contribution in [2.75, 3.05) is 5.75 Å². The first-order chi connectivity index (χ1) is 15.4. The molecule has 0 aliphatic rings. The van der Waals surface area contributed by atoms with Crippen LogP contribution >= 0.6 is 35.0 Å². The highest BCUT2D eigenvalue weighted by Crippen LogP contribution is 2.27. The summed E-state index contributed by atoms with van der Waals surface area (Å²) in [5.41, 5.74) is 2.55. The number of benzene rings is 2. The lowest BCUT2D eigenvalue weighted by Crippen LogP contribution is -2.42. The van der Waals surface area contributed by atoms with Gasteiger partial charge in [-0.2, -0.15) is 0 Å². The molecule has 2 aromatic heterocycles. The topological polar surface area (TPSA) is 108 Å². The molecule has 1 amide bonds. The number of pyridine rings is 1. The maximum atomic E-state index is 12.7. The Morgan fingerprint density at radius 3 is 2.47 bits per heavy atom. The average Bonchev–Trinajstić information content (AvgIpc) is 3.19. The molecular weight excluding hydrogens is 471 g/mol. The number of nitrogens with one attached hydrogen (secondary N) is 2. The minimum absolute atomic E-state index is 0.107. The van der Waals surface area contributed by atoms with E-state index in [1.165, 1.54) is 11.8 Å². The van der Waals surface area contributed by atoms with E-state index in [0.717, 1.165) is 5.56 Å². The number of amides is 1. The highest BCUT2D eigenvalue weighted by atomic mass is 35.5. The Kier molecular flexibility index (Phi) is 6.64. The number of halogens is 2. The van der Waals surface area contributed by atoms with Gasteiger partial charge in [-0.1, -0.05) is 23.2 Å². The van der Waals surface area contributed by atoms with Crippen LogP contribution in [0.1, 0.15) is 10.4 Å². The van der Waals surface area contributed by atoms with Gasteiger partial charge >= 0.3 is 5.97 Å². The first-order valence-electron chi connectivity index (χ1n) is 9.42. The van der Waals surface area contributed by atoms with Crippen molar-refractivity contribution in [2.45, 2.75) is 10.9 Å². The van der Waals surface area contributed by atoms with Gasteiger partial charge in [0.15, 0.2) is 0 Å². The van der Waals surface area contributed by atoms with Gasteiger partial charge in [-0.15, -0.1) is 11.8 Å². The minimum Gasteiger partial charge on any atom is -0.480 e. The van der Waals surface area contributed by atoms with Crippen molar-refractivity contribution in [1.82, 2.24) is 20.3 Å². The zero-order valence-corrected chi connectivity index (χ0v) is 18.7. The van der Waals surface area contributed by atoms with Gasteiger partial charge in [-0.3, -0.25) is 9.78 Å². The number of hydrogen-bond donors (Lipinski definition) is 3. The van der Waals surface area contributed by atoms with E-state index in [1.807, 2.05) is 12.1 Å². The summed E-state index contributed by atoms with van der Waals surface area (Å²) in [6.45, 7) is 0. The van der Waals surface area contributed by atoms with E-state index in [0.29, 0.717) is 37.4 Å². The van der Waals surface area contributed by atoms with E-state index in [4.69, 9.17) is 23.2 Å². The Morgan fingerprint density at radius 2 is 1.78 bits per heavy atom. The third kappa shape index (κ3) is 5.21. The van der Waals surface area contributed by atoms with Crippen molar-refractivity contribution < 1.29 is 14.7 Å². The van der Waals surface area contributed by atoms with Gasteiger partial charge in [0.05, 0.1) is 11.0 Å². The molecule has 3 N–H and O–H groups in total. The molecule has 1 atom stereocenters. The Bertz CT molecular complexity index is 1280. The smallest absolute Gasteiger partial charge is 0.327 e. The third-order valence-corrected chi connectivity index (χ3v) is 6.06. The summed E-state index contributed by atoms with van der Waals surface area (Å²) < 4.78 is 0. The summed E-state index contributed by atoms with van der Waals surface area (Å²) >= 11 is 13.2.